The summed E-state index contributed by atoms with van der Waals surface area (Å²) in [6.07, 6.45) is 2.22. The lowest BCUT2D eigenvalue weighted by molar-refractivity contribution is 0.0954. The number of amides is 1. The van der Waals surface area contributed by atoms with Gasteiger partial charge in [-0.25, -0.2) is 5.43 Å². The normalized spacial score (nSPS) is 13.3. The van der Waals surface area contributed by atoms with Crippen LogP contribution in [0.4, 0.5) is 0 Å². The van der Waals surface area contributed by atoms with Crippen LogP contribution in [0.3, 0.4) is 0 Å². The maximum absolute atomic E-state index is 12.3. The second-order valence-corrected chi connectivity index (χ2v) is 6.62. The van der Waals surface area contributed by atoms with Gasteiger partial charge in [0.1, 0.15) is 0 Å². The predicted octanol–water partition coefficient (Wildman–Crippen LogP) is 4.40. The van der Waals surface area contributed by atoms with E-state index < -0.39 is 0 Å². The van der Waals surface area contributed by atoms with Crippen molar-refractivity contribution >= 4 is 22.4 Å². The first-order valence-electron chi connectivity index (χ1n) is 8.58. The summed E-state index contributed by atoms with van der Waals surface area (Å²) in [5.74, 6) is -0.186. The average Bonchev–Trinajstić information content (AvgIpc) is 3.05. The van der Waals surface area contributed by atoms with E-state index in [2.05, 4.69) is 40.9 Å². The number of hydrogen-bond acceptors (Lipinski definition) is 2. The molecule has 0 spiro atoms. The number of carbonyl (C=O) groups is 1. The molecule has 3 heteroatoms. The van der Waals surface area contributed by atoms with Crippen LogP contribution in [-0.2, 0) is 12.8 Å². The Bertz CT molecular complexity index is 1010. The van der Waals surface area contributed by atoms with Crippen LogP contribution in [0.2, 0.25) is 0 Å². The standard InChI is InChI=1S/C22H20N2O/c1-14-5-3-7-18(13-14)22(25)24-23-15(2)19-12-11-17-10-9-16-6-4-8-20(19)21(16)17/h3-8,11-13H,9-10H2,1-2H3,(H,24,25)/b23-15-. The molecule has 0 radical (unpaired) electrons. The SMILES string of the molecule is C/C(=N/NC(=O)c1cccc(C)c1)c1ccc2c3c(cccc13)CC2. The quantitative estimate of drug-likeness (QED) is 0.562. The number of hydrazone groups is 1. The minimum atomic E-state index is -0.186. The van der Waals surface area contributed by atoms with Gasteiger partial charge in [0, 0.05) is 11.1 Å². The fraction of sp³-hybridized carbons (Fsp3) is 0.182. The summed E-state index contributed by atoms with van der Waals surface area (Å²) in [4.78, 5) is 12.3. The van der Waals surface area contributed by atoms with E-state index >= 15 is 0 Å². The van der Waals surface area contributed by atoms with Gasteiger partial charge in [-0.2, -0.15) is 5.10 Å². The van der Waals surface area contributed by atoms with Crippen LogP contribution in [0.25, 0.3) is 10.8 Å². The molecule has 1 aliphatic rings. The highest BCUT2D eigenvalue weighted by Crippen LogP contribution is 2.32. The molecule has 0 aliphatic heterocycles. The van der Waals surface area contributed by atoms with Gasteiger partial charge >= 0.3 is 0 Å². The third-order valence-electron chi connectivity index (χ3n) is 4.87. The summed E-state index contributed by atoms with van der Waals surface area (Å²) in [5.41, 5.74) is 9.07. The number of nitrogens with one attached hydrogen (secondary N) is 1. The van der Waals surface area contributed by atoms with Crippen LogP contribution < -0.4 is 5.43 Å². The number of nitrogens with zero attached hydrogens (tertiary/aromatic N) is 1. The van der Waals surface area contributed by atoms with Gasteiger partial charge in [0.2, 0.25) is 0 Å². The second-order valence-electron chi connectivity index (χ2n) is 6.62. The van der Waals surface area contributed by atoms with Crippen molar-refractivity contribution in [2.75, 3.05) is 0 Å². The van der Waals surface area contributed by atoms with Crippen molar-refractivity contribution in [3.63, 3.8) is 0 Å². The maximum atomic E-state index is 12.3. The summed E-state index contributed by atoms with van der Waals surface area (Å²) in [5, 5.41) is 6.93. The number of benzene rings is 3. The van der Waals surface area contributed by atoms with Crippen LogP contribution in [0.15, 0.2) is 59.7 Å². The molecule has 3 aromatic carbocycles. The van der Waals surface area contributed by atoms with Gasteiger partial charge in [-0.3, -0.25) is 4.79 Å². The number of rotatable bonds is 3. The first-order chi connectivity index (χ1) is 12.1. The van der Waals surface area contributed by atoms with Crippen LogP contribution in [-0.4, -0.2) is 11.6 Å². The molecule has 4 rings (SSSR count). The smallest absolute Gasteiger partial charge is 0.267 e. The fourth-order valence-electron chi connectivity index (χ4n) is 3.61. The number of hydrogen-bond donors (Lipinski definition) is 1. The van der Waals surface area contributed by atoms with Crippen molar-refractivity contribution in [2.45, 2.75) is 26.7 Å². The largest absolute Gasteiger partial charge is 0.271 e. The molecule has 0 fully saturated rings. The van der Waals surface area contributed by atoms with E-state index in [0.29, 0.717) is 5.56 Å². The first-order valence-corrected chi connectivity index (χ1v) is 8.58. The highest BCUT2D eigenvalue weighted by atomic mass is 16.2. The fourth-order valence-corrected chi connectivity index (χ4v) is 3.61. The Balaban J connectivity index is 1.65. The zero-order chi connectivity index (χ0) is 17.4. The molecule has 124 valence electrons. The Morgan fingerprint density at radius 2 is 1.76 bits per heavy atom. The van der Waals surface area contributed by atoms with Crippen LogP contribution in [0.1, 0.15) is 39.5 Å². The van der Waals surface area contributed by atoms with Crippen LogP contribution in [0, 0.1) is 6.92 Å². The Morgan fingerprint density at radius 3 is 2.56 bits per heavy atom. The minimum Gasteiger partial charge on any atom is -0.267 e. The predicted molar refractivity (Wildman–Crippen MR) is 102 cm³/mol. The number of aryl methyl sites for hydroxylation is 3. The van der Waals surface area contributed by atoms with Gasteiger partial charge in [0.05, 0.1) is 5.71 Å². The second kappa shape index (κ2) is 6.17. The van der Waals surface area contributed by atoms with Gasteiger partial charge in [0.15, 0.2) is 0 Å². The highest BCUT2D eigenvalue weighted by molar-refractivity contribution is 6.11. The molecule has 1 N–H and O–H groups in total. The topological polar surface area (TPSA) is 41.5 Å². The van der Waals surface area contributed by atoms with Gasteiger partial charge in [-0.15, -0.1) is 0 Å². The van der Waals surface area contributed by atoms with E-state index in [1.807, 2.05) is 32.0 Å². The summed E-state index contributed by atoms with van der Waals surface area (Å²) in [7, 11) is 0. The van der Waals surface area contributed by atoms with Crippen LogP contribution >= 0.6 is 0 Å². The van der Waals surface area contributed by atoms with E-state index in [-0.39, 0.29) is 5.91 Å². The Labute approximate surface area is 147 Å². The van der Waals surface area contributed by atoms with Crippen molar-refractivity contribution < 1.29 is 4.79 Å². The summed E-state index contributed by atoms with van der Waals surface area (Å²) in [6.45, 7) is 3.91. The van der Waals surface area contributed by atoms with Crippen molar-refractivity contribution in [1.29, 1.82) is 0 Å². The lowest BCUT2D eigenvalue weighted by Crippen LogP contribution is -2.19. The summed E-state index contributed by atoms with van der Waals surface area (Å²) < 4.78 is 0. The molecule has 0 atom stereocenters. The molecular weight excluding hydrogens is 308 g/mol. The molecule has 3 nitrogen and oxygen atoms in total. The van der Waals surface area contributed by atoms with Crippen molar-refractivity contribution in [3.05, 3.63) is 82.4 Å². The minimum absolute atomic E-state index is 0.186. The molecule has 1 amide bonds. The Morgan fingerprint density at radius 1 is 1.00 bits per heavy atom. The van der Waals surface area contributed by atoms with E-state index in [9.17, 15) is 4.79 Å². The zero-order valence-corrected chi connectivity index (χ0v) is 14.5. The van der Waals surface area contributed by atoms with Gasteiger partial charge in [-0.05, 0) is 60.7 Å². The monoisotopic (exact) mass is 328 g/mol. The molecular formula is C22H20N2O. The van der Waals surface area contributed by atoms with Crippen LogP contribution in [0.5, 0.6) is 0 Å². The summed E-state index contributed by atoms with van der Waals surface area (Å²) >= 11 is 0. The molecule has 0 saturated heterocycles. The van der Waals surface area contributed by atoms with E-state index in [4.69, 9.17) is 0 Å². The summed E-state index contributed by atoms with van der Waals surface area (Å²) in [6, 6.07) is 18.3. The molecule has 0 saturated carbocycles. The molecule has 0 bridgehead atoms. The van der Waals surface area contributed by atoms with E-state index in [0.717, 1.165) is 29.7 Å². The molecule has 25 heavy (non-hydrogen) atoms. The zero-order valence-electron chi connectivity index (χ0n) is 14.5. The first kappa shape index (κ1) is 15.6. The third-order valence-corrected chi connectivity index (χ3v) is 4.87. The molecule has 0 heterocycles. The number of carbonyl (C=O) groups excluding carboxylic acids is 1. The van der Waals surface area contributed by atoms with Crippen molar-refractivity contribution in [2.24, 2.45) is 5.10 Å². The van der Waals surface area contributed by atoms with Gasteiger partial charge in [0.25, 0.3) is 5.91 Å². The molecule has 3 aromatic rings. The Kier molecular flexibility index (Phi) is 3.85. The van der Waals surface area contributed by atoms with Crippen molar-refractivity contribution in [1.82, 2.24) is 5.43 Å². The molecule has 0 unspecified atom stereocenters. The average molecular weight is 328 g/mol. The maximum Gasteiger partial charge on any atom is 0.271 e. The van der Waals surface area contributed by atoms with Gasteiger partial charge in [-0.1, -0.05) is 48.0 Å². The van der Waals surface area contributed by atoms with Gasteiger partial charge < -0.3 is 0 Å². The van der Waals surface area contributed by atoms with Crippen molar-refractivity contribution in [3.8, 4) is 0 Å². The van der Waals surface area contributed by atoms with E-state index in [1.165, 1.54) is 21.9 Å². The van der Waals surface area contributed by atoms with E-state index in [1.54, 1.807) is 6.07 Å². The third kappa shape index (κ3) is 2.82. The Hall–Kier alpha value is -2.94. The lowest BCUT2D eigenvalue weighted by atomic mass is 9.98. The lowest BCUT2D eigenvalue weighted by Gasteiger charge is -2.09. The highest BCUT2D eigenvalue weighted by Gasteiger charge is 2.16. The molecule has 0 aromatic heterocycles. The molecule has 1 aliphatic carbocycles.